The number of primary amides is 1. The van der Waals surface area contributed by atoms with Crippen LogP contribution in [0.25, 0.3) is 0 Å². The summed E-state index contributed by atoms with van der Waals surface area (Å²) < 4.78 is 64.0. The van der Waals surface area contributed by atoms with Crippen LogP contribution in [0.5, 0.6) is 5.75 Å². The number of aryl methyl sites for hydroxylation is 1. The number of ether oxygens (including phenoxy) is 1. The Bertz CT molecular complexity index is 1400. The molecule has 0 saturated carbocycles. The lowest BCUT2D eigenvalue weighted by Crippen LogP contribution is -2.41. The van der Waals surface area contributed by atoms with E-state index in [0.29, 0.717) is 23.0 Å². The summed E-state index contributed by atoms with van der Waals surface area (Å²) in [5.74, 6) is -2.51. The van der Waals surface area contributed by atoms with Crippen LogP contribution in [0, 0.1) is 21.1 Å². The number of nitrogens with zero attached hydrogens (tertiary/aromatic N) is 3. The van der Waals surface area contributed by atoms with Crippen LogP contribution >= 0.6 is 22.6 Å². The number of anilines is 2. The topological polar surface area (TPSA) is 120 Å². The highest BCUT2D eigenvalue weighted by atomic mass is 127. The number of hydrogen-bond acceptors (Lipinski definition) is 6. The molecule has 0 radical (unpaired) electrons. The molecule has 1 unspecified atom stereocenters. The lowest BCUT2D eigenvalue weighted by molar-refractivity contribution is 0.0995. The zero-order valence-corrected chi connectivity index (χ0v) is 22.2. The molecule has 9 nitrogen and oxygen atoms in total. The Labute approximate surface area is 220 Å². The Morgan fingerprint density at radius 1 is 1.28 bits per heavy atom. The number of piperidine rings is 1. The van der Waals surface area contributed by atoms with Crippen LogP contribution < -0.4 is 15.8 Å². The third-order valence-electron chi connectivity index (χ3n) is 5.76. The fraction of sp³-hybridized carbons (Fsp3) is 0.304. The van der Waals surface area contributed by atoms with E-state index in [1.807, 2.05) is 22.6 Å². The third-order valence-corrected chi connectivity index (χ3v) is 8.18. The predicted molar refractivity (Wildman–Crippen MR) is 138 cm³/mol. The molecular weight excluding hydrogens is 607 g/mol. The van der Waals surface area contributed by atoms with Gasteiger partial charge in [-0.1, -0.05) is 0 Å². The maximum absolute atomic E-state index is 14.4. The van der Waals surface area contributed by atoms with Crippen molar-refractivity contribution in [1.82, 2.24) is 13.9 Å². The zero-order valence-electron chi connectivity index (χ0n) is 19.2. The minimum Gasteiger partial charge on any atom is -0.492 e. The molecule has 0 spiro atoms. The number of carbonyl (C=O) groups excluding carboxylic acids is 1. The number of imidazole rings is 1. The van der Waals surface area contributed by atoms with E-state index in [9.17, 15) is 22.0 Å². The normalized spacial score (nSPS) is 16.6. The first kappa shape index (κ1) is 26.3. The van der Waals surface area contributed by atoms with Crippen LogP contribution in [-0.4, -0.2) is 47.9 Å². The van der Waals surface area contributed by atoms with Crippen molar-refractivity contribution in [2.75, 3.05) is 25.0 Å². The van der Waals surface area contributed by atoms with Gasteiger partial charge in [-0.2, -0.15) is 4.31 Å². The second-order valence-corrected chi connectivity index (χ2v) is 11.6. The monoisotopic (exact) mass is 631 g/mol. The van der Waals surface area contributed by atoms with Crippen molar-refractivity contribution < 1.29 is 26.7 Å². The molecule has 1 saturated heterocycles. The smallest absolute Gasteiger partial charge is 0.262 e. The molecule has 1 aliphatic heterocycles. The summed E-state index contributed by atoms with van der Waals surface area (Å²) in [7, 11) is -2.08. The summed E-state index contributed by atoms with van der Waals surface area (Å²) in [6.07, 6.45) is 4.13. The molecule has 3 aromatic rings. The molecule has 1 aliphatic rings. The third kappa shape index (κ3) is 5.78. The Kier molecular flexibility index (Phi) is 7.80. The molecule has 1 fully saturated rings. The molecule has 2 heterocycles. The summed E-state index contributed by atoms with van der Waals surface area (Å²) in [6, 6.07) is 6.47. The standard InChI is InChI=1S/C23H24F2IN5O4S/c1-30-11-21(28-13-30)36(33,34)31-6-2-3-14(10-31)12-35-20-8-15(24)7-19(22(20)23(27)32)29-18-5-4-16(26)9-17(18)25/h4-5,7-9,11,13-14,29H,2-3,6,10,12H2,1H3,(H2,27,32). The number of halogens is 3. The van der Waals surface area contributed by atoms with E-state index in [-0.39, 0.29) is 46.8 Å². The lowest BCUT2D eigenvalue weighted by Gasteiger charge is -2.31. The van der Waals surface area contributed by atoms with Crippen molar-refractivity contribution in [2.24, 2.45) is 18.7 Å². The minimum atomic E-state index is -3.77. The van der Waals surface area contributed by atoms with Gasteiger partial charge in [0.1, 0.15) is 22.9 Å². The molecule has 1 amide bonds. The van der Waals surface area contributed by atoms with E-state index in [1.165, 1.54) is 29.0 Å². The molecule has 0 bridgehead atoms. The summed E-state index contributed by atoms with van der Waals surface area (Å²) in [4.78, 5) is 16.2. The summed E-state index contributed by atoms with van der Waals surface area (Å²) in [5.41, 5.74) is 5.42. The fourth-order valence-corrected chi connectivity index (χ4v) is 6.00. The Morgan fingerprint density at radius 2 is 2.06 bits per heavy atom. The van der Waals surface area contributed by atoms with E-state index in [1.54, 1.807) is 17.7 Å². The molecule has 4 rings (SSSR count). The van der Waals surface area contributed by atoms with Gasteiger partial charge in [0.25, 0.3) is 15.9 Å². The number of nitrogens with one attached hydrogen (secondary N) is 1. The second-order valence-electron chi connectivity index (χ2n) is 8.50. The predicted octanol–water partition coefficient (Wildman–Crippen LogP) is 3.63. The van der Waals surface area contributed by atoms with Crippen LogP contribution in [0.15, 0.2) is 47.9 Å². The molecule has 1 atom stereocenters. The minimum absolute atomic E-state index is 0.0231. The molecule has 2 aromatic carbocycles. The van der Waals surface area contributed by atoms with Gasteiger partial charge >= 0.3 is 0 Å². The van der Waals surface area contributed by atoms with Crippen LogP contribution in [0.3, 0.4) is 0 Å². The number of nitrogens with two attached hydrogens (primary N) is 1. The summed E-state index contributed by atoms with van der Waals surface area (Å²) in [5, 5.41) is 2.68. The second kappa shape index (κ2) is 10.7. The maximum atomic E-state index is 14.4. The van der Waals surface area contributed by atoms with Crippen LogP contribution in [0.4, 0.5) is 20.2 Å². The van der Waals surface area contributed by atoms with Gasteiger partial charge < -0.3 is 20.4 Å². The average molecular weight is 631 g/mol. The lowest BCUT2D eigenvalue weighted by atomic mass is 10.0. The van der Waals surface area contributed by atoms with Gasteiger partial charge in [-0.25, -0.2) is 22.2 Å². The Morgan fingerprint density at radius 3 is 2.72 bits per heavy atom. The van der Waals surface area contributed by atoms with Gasteiger partial charge in [0.15, 0.2) is 5.03 Å². The molecule has 0 aliphatic carbocycles. The summed E-state index contributed by atoms with van der Waals surface area (Å²) >= 11 is 1.96. The first-order valence-electron chi connectivity index (χ1n) is 11.0. The highest BCUT2D eigenvalue weighted by Gasteiger charge is 2.32. The van der Waals surface area contributed by atoms with Crippen molar-refractivity contribution in [3.63, 3.8) is 0 Å². The highest BCUT2D eigenvalue weighted by Crippen LogP contribution is 2.33. The zero-order chi connectivity index (χ0) is 26.0. The molecule has 1 aromatic heterocycles. The van der Waals surface area contributed by atoms with E-state index >= 15 is 0 Å². The summed E-state index contributed by atoms with van der Waals surface area (Å²) in [6.45, 7) is 0.548. The van der Waals surface area contributed by atoms with Gasteiger partial charge in [0.2, 0.25) is 0 Å². The van der Waals surface area contributed by atoms with Crippen molar-refractivity contribution in [2.45, 2.75) is 17.9 Å². The number of benzene rings is 2. The Balaban J connectivity index is 1.53. The molecule has 3 N–H and O–H groups in total. The first-order chi connectivity index (χ1) is 17.0. The van der Waals surface area contributed by atoms with Crippen LogP contribution in [-0.2, 0) is 17.1 Å². The largest absolute Gasteiger partial charge is 0.492 e. The van der Waals surface area contributed by atoms with Gasteiger partial charge in [-0.05, 0) is 59.7 Å². The first-order valence-corrected chi connectivity index (χ1v) is 13.5. The van der Waals surface area contributed by atoms with Crippen molar-refractivity contribution in [1.29, 1.82) is 0 Å². The van der Waals surface area contributed by atoms with Crippen LogP contribution in [0.2, 0.25) is 0 Å². The Hall–Kier alpha value is -2.78. The van der Waals surface area contributed by atoms with Crippen LogP contribution in [0.1, 0.15) is 23.2 Å². The number of sulfonamides is 1. The van der Waals surface area contributed by atoms with Crippen molar-refractivity contribution in [3.8, 4) is 5.75 Å². The molecule has 13 heteroatoms. The van der Waals surface area contributed by atoms with Crippen molar-refractivity contribution in [3.05, 3.63) is 63.6 Å². The van der Waals surface area contributed by atoms with Gasteiger partial charge in [-0.3, -0.25) is 4.79 Å². The van der Waals surface area contributed by atoms with E-state index in [0.717, 1.165) is 12.1 Å². The highest BCUT2D eigenvalue weighted by molar-refractivity contribution is 14.1. The fourth-order valence-electron chi connectivity index (χ4n) is 4.03. The van der Waals surface area contributed by atoms with Gasteiger partial charge in [0, 0.05) is 41.9 Å². The average Bonchev–Trinajstić information content (AvgIpc) is 3.26. The van der Waals surface area contributed by atoms with Gasteiger partial charge in [0.05, 0.1) is 24.3 Å². The molecule has 36 heavy (non-hydrogen) atoms. The van der Waals surface area contributed by atoms with Crippen molar-refractivity contribution >= 4 is 49.9 Å². The number of carbonyl (C=O) groups is 1. The number of rotatable bonds is 8. The quantitative estimate of drug-likeness (QED) is 0.367. The number of aromatic nitrogens is 2. The molecule has 192 valence electrons. The van der Waals surface area contributed by atoms with Gasteiger partial charge in [-0.15, -0.1) is 0 Å². The van der Waals surface area contributed by atoms with E-state index in [2.05, 4.69) is 10.3 Å². The molecular formula is C23H24F2IN5O4S. The SMILES string of the molecule is Cn1cnc(S(=O)(=O)N2CCCC(COc3cc(F)cc(Nc4ccc(I)cc4F)c3C(N)=O)C2)c1. The maximum Gasteiger partial charge on any atom is 0.262 e. The number of hydrogen-bond donors (Lipinski definition) is 2. The van der Waals surface area contributed by atoms with E-state index < -0.39 is 27.6 Å². The number of amides is 1. The van der Waals surface area contributed by atoms with E-state index in [4.69, 9.17) is 10.5 Å².